The summed E-state index contributed by atoms with van der Waals surface area (Å²) in [6.45, 7) is 2.08. The number of carbonyl (C=O) groups excluding carboxylic acids is 1. The van der Waals surface area contributed by atoms with Gasteiger partial charge in [-0.05, 0) is 31.5 Å². The number of likely N-dealkylation sites (tertiary alicyclic amines) is 1. The molecule has 0 saturated carbocycles. The van der Waals surface area contributed by atoms with Gasteiger partial charge in [0.2, 0.25) is 5.91 Å². The third kappa shape index (κ3) is 3.30. The molecule has 0 aromatic heterocycles. The van der Waals surface area contributed by atoms with Gasteiger partial charge in [0.15, 0.2) is 0 Å². The average Bonchev–Trinajstić information content (AvgIpc) is 2.41. The minimum absolute atomic E-state index is 0.204. The van der Waals surface area contributed by atoms with E-state index in [4.69, 9.17) is 11.5 Å². The third-order valence-electron chi connectivity index (χ3n) is 3.73. The fraction of sp³-hybridized carbons (Fsp3) is 0.500. The first-order valence-electron chi connectivity index (χ1n) is 6.64. The highest BCUT2D eigenvalue weighted by Gasteiger charge is 2.22. The fourth-order valence-electron chi connectivity index (χ4n) is 2.58. The van der Waals surface area contributed by atoms with E-state index in [2.05, 4.69) is 4.90 Å². The van der Waals surface area contributed by atoms with E-state index >= 15 is 0 Å². The summed E-state index contributed by atoms with van der Waals surface area (Å²) in [5.41, 5.74) is 11.7. The number of primary amides is 1. The summed E-state index contributed by atoms with van der Waals surface area (Å²) < 4.78 is 13.9. The summed E-state index contributed by atoms with van der Waals surface area (Å²) in [4.78, 5) is 13.2. The van der Waals surface area contributed by atoms with Gasteiger partial charge >= 0.3 is 0 Å². The maximum atomic E-state index is 13.9. The van der Waals surface area contributed by atoms with Crippen LogP contribution in [-0.4, -0.2) is 29.9 Å². The van der Waals surface area contributed by atoms with Crippen LogP contribution in [0.15, 0.2) is 18.2 Å². The maximum Gasteiger partial charge on any atom is 0.248 e. The Labute approximate surface area is 112 Å². The number of carbonyl (C=O) groups is 1. The predicted octanol–water partition coefficient (Wildman–Crippen LogP) is 1.24. The minimum atomic E-state index is -0.608. The molecule has 4 N–H and O–H groups in total. The number of nitrogens with two attached hydrogens (primary N) is 2. The van der Waals surface area contributed by atoms with Crippen molar-refractivity contribution in [3.63, 3.8) is 0 Å². The topological polar surface area (TPSA) is 72.3 Å². The van der Waals surface area contributed by atoms with Crippen molar-refractivity contribution >= 4 is 5.91 Å². The Balaban J connectivity index is 2.11. The summed E-state index contributed by atoms with van der Waals surface area (Å²) in [5.74, 6) is -0.985. The molecule has 104 valence electrons. The molecule has 1 aliphatic rings. The second-order valence-electron chi connectivity index (χ2n) is 5.03. The molecular formula is C14H20FN3O. The zero-order valence-corrected chi connectivity index (χ0v) is 10.9. The highest BCUT2D eigenvalue weighted by atomic mass is 19.1. The lowest BCUT2D eigenvalue weighted by Gasteiger charge is -2.35. The third-order valence-corrected chi connectivity index (χ3v) is 3.73. The zero-order chi connectivity index (χ0) is 13.8. The Kier molecular flexibility index (Phi) is 4.50. The second kappa shape index (κ2) is 6.12. The molecular weight excluding hydrogens is 245 g/mol. The van der Waals surface area contributed by atoms with E-state index in [1.165, 1.54) is 12.5 Å². The van der Waals surface area contributed by atoms with Crippen molar-refractivity contribution in [1.82, 2.24) is 4.90 Å². The number of piperidine rings is 1. The van der Waals surface area contributed by atoms with Crippen LogP contribution in [0.25, 0.3) is 0 Å². The quantitative estimate of drug-likeness (QED) is 0.860. The fourth-order valence-corrected chi connectivity index (χ4v) is 2.58. The van der Waals surface area contributed by atoms with E-state index in [-0.39, 0.29) is 11.4 Å². The Morgan fingerprint density at radius 2 is 2.21 bits per heavy atom. The molecule has 0 spiro atoms. The average molecular weight is 265 g/mol. The summed E-state index contributed by atoms with van der Waals surface area (Å²) in [6, 6.07) is 4.74. The molecule has 0 bridgehead atoms. The van der Waals surface area contributed by atoms with Crippen LogP contribution >= 0.6 is 0 Å². The van der Waals surface area contributed by atoms with Crippen LogP contribution in [0.3, 0.4) is 0 Å². The van der Waals surface area contributed by atoms with Gasteiger partial charge in [-0.3, -0.25) is 9.69 Å². The lowest BCUT2D eigenvalue weighted by atomic mass is 10.0. The molecule has 1 aromatic carbocycles. The molecule has 1 heterocycles. The van der Waals surface area contributed by atoms with Crippen LogP contribution < -0.4 is 11.5 Å². The van der Waals surface area contributed by atoms with Gasteiger partial charge in [-0.15, -0.1) is 0 Å². The van der Waals surface area contributed by atoms with Crippen molar-refractivity contribution in [3.8, 4) is 0 Å². The first-order chi connectivity index (χ1) is 9.11. The Bertz CT molecular complexity index is 464. The molecule has 0 radical (unpaired) electrons. The van der Waals surface area contributed by atoms with Gasteiger partial charge in [0, 0.05) is 30.3 Å². The predicted molar refractivity (Wildman–Crippen MR) is 72.0 cm³/mol. The highest BCUT2D eigenvalue weighted by molar-refractivity contribution is 5.92. The zero-order valence-electron chi connectivity index (χ0n) is 10.9. The van der Waals surface area contributed by atoms with Crippen LogP contribution in [-0.2, 0) is 6.54 Å². The standard InChI is InChI=1S/C14H20FN3O/c15-13-7-10(14(17)19)4-5-11(13)9-18-6-2-1-3-12(18)8-16/h4-5,7,12H,1-3,6,8-9,16H2,(H2,17,19). The number of nitrogens with zero attached hydrogens (tertiary/aromatic N) is 1. The number of hydrogen-bond acceptors (Lipinski definition) is 3. The second-order valence-corrected chi connectivity index (χ2v) is 5.03. The van der Waals surface area contributed by atoms with Gasteiger partial charge < -0.3 is 11.5 Å². The van der Waals surface area contributed by atoms with Gasteiger partial charge in [-0.1, -0.05) is 12.5 Å². The number of rotatable bonds is 4. The molecule has 0 aliphatic carbocycles. The molecule has 1 atom stereocenters. The van der Waals surface area contributed by atoms with E-state index in [0.29, 0.717) is 24.7 Å². The lowest BCUT2D eigenvalue weighted by Crippen LogP contribution is -2.43. The summed E-state index contributed by atoms with van der Waals surface area (Å²) in [5, 5.41) is 0. The molecule has 1 fully saturated rings. The molecule has 1 saturated heterocycles. The molecule has 5 heteroatoms. The van der Waals surface area contributed by atoms with E-state index in [9.17, 15) is 9.18 Å². The Morgan fingerprint density at radius 1 is 1.42 bits per heavy atom. The number of halogens is 1. The van der Waals surface area contributed by atoms with Crippen molar-refractivity contribution in [2.24, 2.45) is 11.5 Å². The van der Waals surface area contributed by atoms with E-state index in [1.807, 2.05) is 0 Å². The van der Waals surface area contributed by atoms with Crippen molar-refractivity contribution in [2.45, 2.75) is 31.8 Å². The van der Waals surface area contributed by atoms with Crippen LogP contribution in [0.2, 0.25) is 0 Å². The van der Waals surface area contributed by atoms with Crippen LogP contribution in [0.5, 0.6) is 0 Å². The van der Waals surface area contributed by atoms with E-state index in [0.717, 1.165) is 19.4 Å². The maximum absolute atomic E-state index is 13.9. The minimum Gasteiger partial charge on any atom is -0.366 e. The SMILES string of the molecule is NCC1CCCCN1Cc1ccc(C(N)=O)cc1F. The van der Waals surface area contributed by atoms with E-state index < -0.39 is 5.91 Å². The first kappa shape index (κ1) is 14.0. The van der Waals surface area contributed by atoms with Crippen LogP contribution in [0.1, 0.15) is 35.2 Å². The van der Waals surface area contributed by atoms with Gasteiger partial charge in [0.25, 0.3) is 0 Å². The molecule has 1 unspecified atom stereocenters. The molecule has 1 aromatic rings. The van der Waals surface area contributed by atoms with Crippen molar-refractivity contribution in [1.29, 1.82) is 0 Å². The number of amides is 1. The molecule has 1 aliphatic heterocycles. The van der Waals surface area contributed by atoms with Gasteiger partial charge in [-0.25, -0.2) is 4.39 Å². The Hall–Kier alpha value is -1.46. The van der Waals surface area contributed by atoms with E-state index in [1.54, 1.807) is 12.1 Å². The van der Waals surface area contributed by atoms with Crippen molar-refractivity contribution in [3.05, 3.63) is 35.1 Å². The summed E-state index contributed by atoms with van der Waals surface area (Å²) in [7, 11) is 0. The van der Waals surface area contributed by atoms with Crippen LogP contribution in [0, 0.1) is 5.82 Å². The number of benzene rings is 1. The largest absolute Gasteiger partial charge is 0.366 e. The van der Waals surface area contributed by atoms with Gasteiger partial charge in [0.05, 0.1) is 0 Å². The van der Waals surface area contributed by atoms with Crippen molar-refractivity contribution < 1.29 is 9.18 Å². The number of hydrogen-bond donors (Lipinski definition) is 2. The summed E-state index contributed by atoms with van der Waals surface area (Å²) in [6.07, 6.45) is 3.37. The normalized spacial score (nSPS) is 20.4. The van der Waals surface area contributed by atoms with Crippen LogP contribution in [0.4, 0.5) is 4.39 Å². The molecule has 19 heavy (non-hydrogen) atoms. The van der Waals surface area contributed by atoms with Crippen molar-refractivity contribution in [2.75, 3.05) is 13.1 Å². The molecule has 4 nitrogen and oxygen atoms in total. The molecule has 2 rings (SSSR count). The van der Waals surface area contributed by atoms with Gasteiger partial charge in [-0.2, -0.15) is 0 Å². The first-order valence-corrected chi connectivity index (χ1v) is 6.64. The Morgan fingerprint density at radius 3 is 2.84 bits per heavy atom. The monoisotopic (exact) mass is 265 g/mol. The smallest absolute Gasteiger partial charge is 0.248 e. The summed E-state index contributed by atoms with van der Waals surface area (Å²) >= 11 is 0. The lowest BCUT2D eigenvalue weighted by molar-refractivity contribution is 0.0999. The van der Waals surface area contributed by atoms with Gasteiger partial charge in [0.1, 0.15) is 5.82 Å². The molecule has 1 amide bonds. The highest BCUT2D eigenvalue weighted by Crippen LogP contribution is 2.20.